The van der Waals surface area contributed by atoms with Crippen LogP contribution in [0.15, 0.2) is 54.6 Å². The highest BCUT2D eigenvalue weighted by Gasteiger charge is 2.17. The summed E-state index contributed by atoms with van der Waals surface area (Å²) in [6.45, 7) is 0. The molecule has 4 nitrogen and oxygen atoms in total. The Morgan fingerprint density at radius 3 is 2.23 bits per heavy atom. The molecule has 1 atom stereocenters. The van der Waals surface area contributed by atoms with Crippen LogP contribution in [0.25, 0.3) is 0 Å². The Morgan fingerprint density at radius 2 is 1.77 bits per heavy atom. The highest BCUT2D eigenvalue weighted by atomic mass is 19.1. The van der Waals surface area contributed by atoms with Crippen LogP contribution < -0.4 is 11.1 Å². The van der Waals surface area contributed by atoms with Crippen LogP contribution in [0.5, 0.6) is 0 Å². The van der Waals surface area contributed by atoms with Gasteiger partial charge in [0.05, 0.1) is 12.5 Å². The molecule has 1 unspecified atom stereocenters. The van der Waals surface area contributed by atoms with E-state index in [-0.39, 0.29) is 18.1 Å². The molecule has 5 heteroatoms. The summed E-state index contributed by atoms with van der Waals surface area (Å²) in [5.74, 6) is -0.529. The Morgan fingerprint density at radius 1 is 1.18 bits per heavy atom. The summed E-state index contributed by atoms with van der Waals surface area (Å²) in [6.07, 6.45) is -0.417. The Balaban J connectivity index is 0.000000287. The van der Waals surface area contributed by atoms with Crippen molar-refractivity contribution in [3.63, 3.8) is 0 Å². The van der Waals surface area contributed by atoms with Crippen molar-refractivity contribution in [1.29, 1.82) is 0 Å². The molecule has 0 aliphatic carbocycles. The molecule has 0 aliphatic rings. The minimum Gasteiger partial charge on any atom is -0.399 e. The van der Waals surface area contributed by atoms with Crippen molar-refractivity contribution >= 4 is 11.6 Å². The number of nitrogen functional groups attached to an aromatic ring is 1. The standard InChI is InChI=1S/C11H14FNO2.C6H7N/c1-13-11(14)7-10(15-2)8-5-3-4-6-9(8)12;7-6-4-2-1-3-5-6/h3-6,10H,7H2,1-2H3,(H,13,14);1-5H,7H2. The number of carbonyl (C=O) groups is 1. The maximum atomic E-state index is 13.4. The van der Waals surface area contributed by atoms with E-state index in [1.807, 2.05) is 30.3 Å². The van der Waals surface area contributed by atoms with Crippen LogP contribution in [0.4, 0.5) is 10.1 Å². The van der Waals surface area contributed by atoms with Crippen molar-refractivity contribution in [2.45, 2.75) is 12.5 Å². The van der Waals surface area contributed by atoms with Gasteiger partial charge < -0.3 is 15.8 Å². The number of carbonyl (C=O) groups excluding carboxylic acids is 1. The topological polar surface area (TPSA) is 64.3 Å². The van der Waals surface area contributed by atoms with Gasteiger partial charge in [-0.05, 0) is 18.2 Å². The lowest BCUT2D eigenvalue weighted by atomic mass is 10.1. The van der Waals surface area contributed by atoms with E-state index in [0.717, 1.165) is 5.69 Å². The van der Waals surface area contributed by atoms with Crippen LogP contribution in [0, 0.1) is 5.82 Å². The molecular formula is C17H21FN2O2. The molecule has 0 bridgehead atoms. The van der Waals surface area contributed by atoms with Gasteiger partial charge >= 0.3 is 0 Å². The molecule has 0 saturated heterocycles. The number of anilines is 1. The third kappa shape index (κ3) is 5.93. The van der Waals surface area contributed by atoms with Gasteiger partial charge in [0.25, 0.3) is 0 Å². The van der Waals surface area contributed by atoms with E-state index in [1.54, 1.807) is 18.2 Å². The number of amides is 1. The fourth-order valence-electron chi connectivity index (χ4n) is 1.78. The van der Waals surface area contributed by atoms with E-state index in [0.29, 0.717) is 5.56 Å². The molecule has 0 spiro atoms. The maximum absolute atomic E-state index is 13.4. The second-order valence-corrected chi connectivity index (χ2v) is 4.53. The first kappa shape index (κ1) is 17.7. The number of hydrogen-bond donors (Lipinski definition) is 2. The predicted octanol–water partition coefficient (Wildman–Crippen LogP) is 2.92. The quantitative estimate of drug-likeness (QED) is 0.854. The third-order valence-electron chi connectivity index (χ3n) is 2.99. The van der Waals surface area contributed by atoms with E-state index < -0.39 is 6.10 Å². The van der Waals surface area contributed by atoms with Crippen molar-refractivity contribution in [3.05, 3.63) is 66.0 Å². The van der Waals surface area contributed by atoms with Crippen molar-refractivity contribution in [1.82, 2.24) is 5.32 Å². The monoisotopic (exact) mass is 304 g/mol. The first-order valence-electron chi connectivity index (χ1n) is 6.86. The molecule has 0 aliphatic heterocycles. The molecule has 118 valence electrons. The Hall–Kier alpha value is -2.40. The minimum absolute atomic E-state index is 0.119. The van der Waals surface area contributed by atoms with Gasteiger partial charge in [0.2, 0.25) is 5.91 Å². The molecule has 0 aromatic heterocycles. The van der Waals surface area contributed by atoms with E-state index in [1.165, 1.54) is 20.2 Å². The van der Waals surface area contributed by atoms with Gasteiger partial charge in [0.15, 0.2) is 0 Å². The van der Waals surface area contributed by atoms with Crippen LogP contribution in [0.2, 0.25) is 0 Å². The number of rotatable bonds is 4. The van der Waals surface area contributed by atoms with Gasteiger partial charge in [-0.15, -0.1) is 0 Å². The van der Waals surface area contributed by atoms with Crippen LogP contribution in [0.3, 0.4) is 0 Å². The number of hydrogen-bond acceptors (Lipinski definition) is 3. The molecule has 0 saturated carbocycles. The lowest BCUT2D eigenvalue weighted by molar-refractivity contribution is -0.123. The summed E-state index contributed by atoms with van der Waals surface area (Å²) in [4.78, 5) is 11.2. The Bertz CT molecular complexity index is 576. The smallest absolute Gasteiger partial charge is 0.222 e. The number of para-hydroxylation sites is 1. The SMILES string of the molecule is CNC(=O)CC(OC)c1ccccc1F.Nc1ccccc1. The highest BCUT2D eigenvalue weighted by molar-refractivity contribution is 5.76. The molecule has 0 radical (unpaired) electrons. The van der Waals surface area contributed by atoms with Crippen molar-refractivity contribution in [3.8, 4) is 0 Å². The molecule has 2 aromatic carbocycles. The van der Waals surface area contributed by atoms with Gasteiger partial charge in [-0.2, -0.15) is 0 Å². The Kier molecular flexibility index (Phi) is 7.64. The zero-order chi connectivity index (χ0) is 16.4. The largest absolute Gasteiger partial charge is 0.399 e. The van der Waals surface area contributed by atoms with E-state index in [2.05, 4.69) is 5.32 Å². The highest BCUT2D eigenvalue weighted by Crippen LogP contribution is 2.22. The van der Waals surface area contributed by atoms with Gasteiger partial charge in [-0.25, -0.2) is 4.39 Å². The summed E-state index contributed by atoms with van der Waals surface area (Å²) >= 11 is 0. The average molecular weight is 304 g/mol. The number of nitrogens with one attached hydrogen (secondary N) is 1. The third-order valence-corrected chi connectivity index (χ3v) is 2.99. The molecule has 3 N–H and O–H groups in total. The van der Waals surface area contributed by atoms with Crippen molar-refractivity contribution in [2.24, 2.45) is 0 Å². The van der Waals surface area contributed by atoms with Crippen molar-refractivity contribution < 1.29 is 13.9 Å². The van der Waals surface area contributed by atoms with E-state index in [9.17, 15) is 9.18 Å². The van der Waals surface area contributed by atoms with E-state index in [4.69, 9.17) is 10.5 Å². The molecule has 0 fully saturated rings. The minimum atomic E-state index is -0.536. The number of nitrogens with two attached hydrogens (primary N) is 1. The van der Waals surface area contributed by atoms with Gasteiger partial charge in [0.1, 0.15) is 5.82 Å². The second kappa shape index (κ2) is 9.52. The molecule has 0 heterocycles. The fraction of sp³-hybridized carbons (Fsp3) is 0.235. The average Bonchev–Trinajstić information content (AvgIpc) is 2.54. The van der Waals surface area contributed by atoms with E-state index >= 15 is 0 Å². The lowest BCUT2D eigenvalue weighted by Gasteiger charge is -2.15. The second-order valence-electron chi connectivity index (χ2n) is 4.53. The van der Waals surface area contributed by atoms with Crippen LogP contribution in [0.1, 0.15) is 18.1 Å². The zero-order valence-electron chi connectivity index (χ0n) is 12.8. The number of benzene rings is 2. The first-order valence-corrected chi connectivity index (χ1v) is 6.86. The first-order chi connectivity index (χ1) is 10.6. The van der Waals surface area contributed by atoms with Crippen LogP contribution in [-0.4, -0.2) is 20.1 Å². The lowest BCUT2D eigenvalue weighted by Crippen LogP contribution is -2.21. The van der Waals surface area contributed by atoms with Crippen molar-refractivity contribution in [2.75, 3.05) is 19.9 Å². The molecule has 1 amide bonds. The summed E-state index contributed by atoms with van der Waals surface area (Å²) in [5.41, 5.74) is 6.59. The molecule has 22 heavy (non-hydrogen) atoms. The van der Waals surface area contributed by atoms with Gasteiger partial charge in [-0.1, -0.05) is 36.4 Å². The number of ether oxygens (including phenoxy) is 1. The number of halogens is 1. The van der Waals surface area contributed by atoms with Crippen LogP contribution >= 0.6 is 0 Å². The summed E-state index contributed by atoms with van der Waals surface area (Å²) < 4.78 is 18.5. The summed E-state index contributed by atoms with van der Waals surface area (Å²) in [6, 6.07) is 15.8. The molecule has 2 rings (SSSR count). The fourth-order valence-corrected chi connectivity index (χ4v) is 1.78. The van der Waals surface area contributed by atoms with Crippen LogP contribution in [-0.2, 0) is 9.53 Å². The van der Waals surface area contributed by atoms with Gasteiger partial charge in [0, 0.05) is 25.4 Å². The molecular weight excluding hydrogens is 283 g/mol. The zero-order valence-corrected chi connectivity index (χ0v) is 12.8. The molecule has 2 aromatic rings. The summed E-state index contributed by atoms with van der Waals surface area (Å²) in [7, 11) is 3.00. The number of methoxy groups -OCH3 is 1. The summed E-state index contributed by atoms with van der Waals surface area (Å²) in [5, 5.41) is 2.48. The van der Waals surface area contributed by atoms with Gasteiger partial charge in [-0.3, -0.25) is 4.79 Å². The predicted molar refractivity (Wildman–Crippen MR) is 85.7 cm³/mol. The normalized spacial score (nSPS) is 11.0. The maximum Gasteiger partial charge on any atom is 0.222 e. The Labute approximate surface area is 130 Å².